The zero-order valence-corrected chi connectivity index (χ0v) is 36.8. The number of anilines is 4. The molecule has 0 aliphatic rings. The van der Waals surface area contributed by atoms with Crippen molar-refractivity contribution in [3.63, 3.8) is 0 Å². The van der Waals surface area contributed by atoms with E-state index in [1.54, 1.807) is 0 Å². The van der Waals surface area contributed by atoms with Crippen LogP contribution >= 0.6 is 0 Å². The highest BCUT2D eigenvalue weighted by Gasteiger charge is 2.27. The largest absolute Gasteiger partial charge is 0.456 e. The van der Waals surface area contributed by atoms with Gasteiger partial charge in [-0.25, -0.2) is 0 Å². The lowest BCUT2D eigenvalue weighted by Crippen LogP contribution is -2.18. The third-order valence-corrected chi connectivity index (χ3v) is 11.9. The highest BCUT2D eigenvalue weighted by atomic mass is 16.3. The van der Waals surface area contributed by atoms with Crippen LogP contribution in [0.4, 0.5) is 22.7 Å². The van der Waals surface area contributed by atoms with Crippen molar-refractivity contribution in [1.29, 1.82) is 0 Å². The summed E-state index contributed by atoms with van der Waals surface area (Å²) in [5.41, 5.74) is 15.1. The molecular formula is C60H54N2O2. The minimum atomic E-state index is 0.656. The predicted octanol–water partition coefficient (Wildman–Crippen LogP) is 15.8. The molecule has 0 N–H and O–H groups in total. The van der Waals surface area contributed by atoms with E-state index in [1.165, 1.54) is 39.2 Å². The number of nitrogens with zero attached hydrogens (tertiary/aromatic N) is 2. The Labute approximate surface area is 377 Å². The molecule has 64 heavy (non-hydrogen) atoms. The monoisotopic (exact) mass is 834 g/mol. The molecule has 9 aromatic rings. The molecule has 0 aliphatic carbocycles. The van der Waals surface area contributed by atoms with Crippen molar-refractivity contribution in [3.05, 3.63) is 229 Å². The smallest absolute Gasteiger partial charge is 0.143 e. The molecule has 0 saturated heterocycles. The van der Waals surface area contributed by atoms with E-state index in [1.807, 2.05) is 12.2 Å². The zero-order valence-electron chi connectivity index (χ0n) is 36.8. The molecule has 0 aliphatic heterocycles. The maximum absolute atomic E-state index is 7.09. The number of allylic oxidation sites excluding steroid dienone is 4. The Kier molecular flexibility index (Phi) is 13.4. The number of furan rings is 2. The second kappa shape index (κ2) is 20.0. The van der Waals surface area contributed by atoms with Gasteiger partial charge in [-0.1, -0.05) is 134 Å². The number of benzene rings is 7. The number of rotatable bonds is 16. The molecule has 9 rings (SSSR count). The summed E-state index contributed by atoms with van der Waals surface area (Å²) in [7, 11) is 0. The Morgan fingerprint density at radius 3 is 1.33 bits per heavy atom. The number of terminal acetylenes is 1. The second-order valence-corrected chi connectivity index (χ2v) is 15.9. The van der Waals surface area contributed by atoms with Crippen LogP contribution in [-0.2, 0) is 25.7 Å². The van der Waals surface area contributed by atoms with Gasteiger partial charge in [0.2, 0.25) is 0 Å². The van der Waals surface area contributed by atoms with E-state index in [4.69, 9.17) is 8.83 Å². The van der Waals surface area contributed by atoms with Gasteiger partial charge in [-0.2, -0.15) is 0 Å². The fourth-order valence-electron chi connectivity index (χ4n) is 9.01. The normalized spacial score (nSPS) is 11.4. The Morgan fingerprint density at radius 2 is 0.906 bits per heavy atom. The van der Waals surface area contributed by atoms with Crippen molar-refractivity contribution in [2.45, 2.75) is 39.5 Å². The lowest BCUT2D eigenvalue weighted by atomic mass is 9.90. The standard InChI is InChI=1S/C58H52N2O2.C2H2/c1-5-9-35-59(51-29-19-17-27-43(51)21-7-3)45-31-33-53-47(39-45)55-49(37-41-23-13-11-14-24-41)56-48-40-46(60(36-10-6-2)52-30-20-18-28-44(52)22-8-4)32-34-54(48)62-58(56)50(57(55)61-53)38-42-25-15-12-16-26-42;1-2/h5-20,23-34,39-40H,3-4,21-22,35-38H2,1-2H3;1-2H/b9-5-,10-6-;. The second-order valence-electron chi connectivity index (χ2n) is 15.9. The highest BCUT2D eigenvalue weighted by molar-refractivity contribution is 6.21. The van der Waals surface area contributed by atoms with Gasteiger partial charge >= 0.3 is 0 Å². The summed E-state index contributed by atoms with van der Waals surface area (Å²) in [6, 6.07) is 52.1. The van der Waals surface area contributed by atoms with Crippen molar-refractivity contribution in [2.75, 3.05) is 22.9 Å². The molecule has 2 heterocycles. The van der Waals surface area contributed by atoms with Crippen LogP contribution in [0, 0.1) is 12.8 Å². The van der Waals surface area contributed by atoms with Crippen LogP contribution in [0.15, 0.2) is 204 Å². The van der Waals surface area contributed by atoms with Crippen LogP contribution in [0.2, 0.25) is 0 Å². The van der Waals surface area contributed by atoms with Gasteiger partial charge in [-0.3, -0.25) is 0 Å². The zero-order chi connectivity index (χ0) is 44.4. The Morgan fingerprint density at radius 1 is 0.500 bits per heavy atom. The lowest BCUT2D eigenvalue weighted by Gasteiger charge is -2.26. The minimum absolute atomic E-state index is 0.656. The third-order valence-electron chi connectivity index (χ3n) is 11.9. The molecule has 4 heteroatoms. The highest BCUT2D eigenvalue weighted by Crippen LogP contribution is 2.47. The molecule has 0 bridgehead atoms. The molecule has 0 atom stereocenters. The fourth-order valence-corrected chi connectivity index (χ4v) is 9.01. The molecule has 0 spiro atoms. The Balaban J connectivity index is 0.00000276. The average Bonchev–Trinajstić information content (AvgIpc) is 3.92. The number of hydrogen-bond acceptors (Lipinski definition) is 4. The number of fused-ring (bicyclic) bond motifs is 6. The van der Waals surface area contributed by atoms with E-state index < -0.39 is 0 Å². The summed E-state index contributed by atoms with van der Waals surface area (Å²) in [5, 5.41) is 4.43. The summed E-state index contributed by atoms with van der Waals surface area (Å²) >= 11 is 0. The molecule has 0 fully saturated rings. The Hall–Kier alpha value is -7.74. The maximum atomic E-state index is 7.09. The summed E-state index contributed by atoms with van der Waals surface area (Å²) in [6.45, 7) is 13.8. The van der Waals surface area contributed by atoms with Crippen molar-refractivity contribution < 1.29 is 8.83 Å². The van der Waals surface area contributed by atoms with Crippen LogP contribution in [0.25, 0.3) is 43.9 Å². The van der Waals surface area contributed by atoms with Gasteiger partial charge < -0.3 is 18.6 Å². The lowest BCUT2D eigenvalue weighted by molar-refractivity contribution is 0.647. The van der Waals surface area contributed by atoms with E-state index in [9.17, 15) is 0 Å². The molecule has 0 radical (unpaired) electrons. The number of para-hydroxylation sites is 2. The van der Waals surface area contributed by atoms with Crippen molar-refractivity contribution >= 4 is 66.6 Å². The SMILES string of the molecule is C#C.C=CCc1ccccc1N(C/C=C\C)c1ccc2oc3c(Cc4ccccc4)c4oc5ccc(N(C/C=C\C)c6ccccc6CC=C)cc5c4c(Cc4ccccc4)c3c2c1. The molecule has 316 valence electrons. The van der Waals surface area contributed by atoms with E-state index in [2.05, 4.69) is 220 Å². The first-order chi connectivity index (χ1) is 31.6. The van der Waals surface area contributed by atoms with Crippen LogP contribution in [-0.4, -0.2) is 13.1 Å². The fraction of sp³-hybridized carbons (Fsp3) is 0.133. The van der Waals surface area contributed by atoms with Gasteiger partial charge in [0.25, 0.3) is 0 Å². The molecule has 0 amide bonds. The van der Waals surface area contributed by atoms with Crippen LogP contribution < -0.4 is 9.80 Å². The van der Waals surface area contributed by atoms with Crippen LogP contribution in [0.5, 0.6) is 0 Å². The van der Waals surface area contributed by atoms with E-state index in [0.29, 0.717) is 12.8 Å². The van der Waals surface area contributed by atoms with Gasteiger partial charge in [-0.05, 0) is 109 Å². The predicted molar refractivity (Wildman–Crippen MR) is 274 cm³/mol. The van der Waals surface area contributed by atoms with Gasteiger partial charge in [0.1, 0.15) is 22.3 Å². The average molecular weight is 835 g/mol. The molecule has 0 saturated carbocycles. The molecule has 7 aromatic carbocycles. The van der Waals surface area contributed by atoms with Crippen molar-refractivity contribution in [2.24, 2.45) is 0 Å². The first-order valence-electron chi connectivity index (χ1n) is 22.0. The van der Waals surface area contributed by atoms with Crippen molar-refractivity contribution in [3.8, 4) is 12.8 Å². The summed E-state index contributed by atoms with van der Waals surface area (Å²) < 4.78 is 14.2. The van der Waals surface area contributed by atoms with E-state index >= 15 is 0 Å². The maximum Gasteiger partial charge on any atom is 0.143 e. The summed E-state index contributed by atoms with van der Waals surface area (Å²) in [4.78, 5) is 4.81. The summed E-state index contributed by atoms with van der Waals surface area (Å²) in [5.74, 6) is 0. The minimum Gasteiger partial charge on any atom is -0.456 e. The molecular weight excluding hydrogens is 781 g/mol. The topological polar surface area (TPSA) is 32.8 Å². The van der Waals surface area contributed by atoms with Gasteiger partial charge in [0, 0.05) is 69.4 Å². The van der Waals surface area contributed by atoms with Crippen LogP contribution in [0.3, 0.4) is 0 Å². The first-order valence-corrected chi connectivity index (χ1v) is 22.0. The third kappa shape index (κ3) is 8.54. The Bertz CT molecular complexity index is 2980. The van der Waals surface area contributed by atoms with Gasteiger partial charge in [-0.15, -0.1) is 26.0 Å². The van der Waals surface area contributed by atoms with Gasteiger partial charge in [0.05, 0.1) is 0 Å². The van der Waals surface area contributed by atoms with E-state index in [-0.39, 0.29) is 0 Å². The molecule has 2 aromatic heterocycles. The molecule has 0 unspecified atom stereocenters. The van der Waals surface area contributed by atoms with E-state index in [0.717, 1.165) is 86.7 Å². The number of hydrogen-bond donors (Lipinski definition) is 0. The van der Waals surface area contributed by atoms with Crippen molar-refractivity contribution in [1.82, 2.24) is 0 Å². The quantitative estimate of drug-likeness (QED) is 0.0717. The van der Waals surface area contributed by atoms with Gasteiger partial charge in [0.15, 0.2) is 0 Å². The van der Waals surface area contributed by atoms with Crippen LogP contribution in [0.1, 0.15) is 47.2 Å². The summed E-state index contributed by atoms with van der Waals surface area (Å²) in [6.07, 6.45) is 23.6. The molecule has 4 nitrogen and oxygen atoms in total. The first kappa shape index (κ1) is 42.9.